The molecule has 2 nitrogen and oxygen atoms in total. The monoisotopic (exact) mass is 244 g/mol. The molecule has 2 aliphatic rings. The van der Waals surface area contributed by atoms with E-state index in [1.54, 1.807) is 0 Å². The van der Waals surface area contributed by atoms with Gasteiger partial charge in [-0.05, 0) is 42.7 Å². The summed E-state index contributed by atoms with van der Waals surface area (Å²) >= 11 is 0. The molecule has 1 N–H and O–H groups in total. The molecule has 0 heterocycles. The largest absolute Gasteiger partial charge is 0.481 e. The van der Waals surface area contributed by atoms with E-state index < -0.39 is 5.97 Å². The molecule has 3 rings (SSSR count). The van der Waals surface area contributed by atoms with Gasteiger partial charge in [-0.15, -0.1) is 0 Å². The highest BCUT2D eigenvalue weighted by Crippen LogP contribution is 2.54. The lowest BCUT2D eigenvalue weighted by molar-refractivity contribution is -0.137. The van der Waals surface area contributed by atoms with Crippen LogP contribution in [0.15, 0.2) is 24.3 Å². The number of carbonyl (C=O) groups is 1. The first-order valence-electron chi connectivity index (χ1n) is 7.02. The van der Waals surface area contributed by atoms with Crippen LogP contribution in [0.1, 0.15) is 62.0 Å². The summed E-state index contributed by atoms with van der Waals surface area (Å²) in [5.41, 5.74) is 2.73. The Morgan fingerprint density at radius 3 is 2.50 bits per heavy atom. The zero-order valence-corrected chi connectivity index (χ0v) is 10.7. The van der Waals surface area contributed by atoms with Gasteiger partial charge in [-0.25, -0.2) is 0 Å². The predicted molar refractivity (Wildman–Crippen MR) is 70.8 cm³/mol. The van der Waals surface area contributed by atoms with Crippen LogP contribution in [0.25, 0.3) is 0 Å². The van der Waals surface area contributed by atoms with Gasteiger partial charge in [0.25, 0.3) is 0 Å². The Kier molecular flexibility index (Phi) is 2.89. The van der Waals surface area contributed by atoms with E-state index in [-0.39, 0.29) is 5.41 Å². The first-order chi connectivity index (χ1) is 8.71. The summed E-state index contributed by atoms with van der Waals surface area (Å²) in [6, 6.07) is 8.57. The van der Waals surface area contributed by atoms with Gasteiger partial charge in [0, 0.05) is 5.41 Å². The zero-order chi connectivity index (χ0) is 12.6. The molecule has 0 atom stereocenters. The van der Waals surface area contributed by atoms with E-state index in [0.717, 1.165) is 12.8 Å². The Hall–Kier alpha value is -1.31. The fourth-order valence-electron chi connectivity index (χ4n) is 3.55. The quantitative estimate of drug-likeness (QED) is 0.873. The van der Waals surface area contributed by atoms with Gasteiger partial charge in [-0.2, -0.15) is 0 Å². The van der Waals surface area contributed by atoms with Crippen LogP contribution in [0.2, 0.25) is 0 Å². The molecule has 1 aromatic carbocycles. The highest BCUT2D eigenvalue weighted by Gasteiger charge is 2.47. The molecule has 0 aromatic heterocycles. The van der Waals surface area contributed by atoms with Crippen LogP contribution in [0.5, 0.6) is 0 Å². The number of rotatable bonds is 4. The summed E-state index contributed by atoms with van der Waals surface area (Å²) in [6.45, 7) is 0. The molecule has 0 unspecified atom stereocenters. The van der Waals surface area contributed by atoms with Crippen molar-refractivity contribution in [3.63, 3.8) is 0 Å². The summed E-state index contributed by atoms with van der Waals surface area (Å²) < 4.78 is 0. The number of carboxylic acids is 1. The third-order valence-electron chi connectivity index (χ3n) is 4.67. The standard InChI is InChI=1S/C16H20O2/c17-15(18)11-16(9-10-16)14-8-4-3-7-13(14)12-5-1-2-6-12/h3-4,7-8,12H,1-2,5-6,9-11H2,(H,17,18). The fraction of sp³-hybridized carbons (Fsp3) is 0.562. The maximum Gasteiger partial charge on any atom is 0.304 e. The first-order valence-corrected chi connectivity index (χ1v) is 7.02. The van der Waals surface area contributed by atoms with Gasteiger partial charge in [0.05, 0.1) is 6.42 Å². The number of aliphatic carboxylic acids is 1. The van der Waals surface area contributed by atoms with Gasteiger partial charge in [0.2, 0.25) is 0 Å². The van der Waals surface area contributed by atoms with Crippen molar-refractivity contribution in [3.05, 3.63) is 35.4 Å². The molecular formula is C16H20O2. The van der Waals surface area contributed by atoms with Gasteiger partial charge < -0.3 is 5.11 Å². The number of benzene rings is 1. The van der Waals surface area contributed by atoms with Crippen molar-refractivity contribution in [2.24, 2.45) is 0 Å². The van der Waals surface area contributed by atoms with E-state index in [2.05, 4.69) is 24.3 Å². The minimum atomic E-state index is -0.659. The lowest BCUT2D eigenvalue weighted by Gasteiger charge is -2.21. The lowest BCUT2D eigenvalue weighted by Crippen LogP contribution is -2.16. The Balaban J connectivity index is 1.94. The average molecular weight is 244 g/mol. The van der Waals surface area contributed by atoms with Crippen LogP contribution in [0, 0.1) is 0 Å². The molecule has 0 saturated heterocycles. The van der Waals surface area contributed by atoms with E-state index >= 15 is 0 Å². The van der Waals surface area contributed by atoms with E-state index in [0.29, 0.717) is 12.3 Å². The van der Waals surface area contributed by atoms with E-state index in [1.165, 1.54) is 36.8 Å². The number of carboxylic acid groups (broad SMARTS) is 1. The fourth-order valence-corrected chi connectivity index (χ4v) is 3.55. The normalized spacial score (nSPS) is 22.0. The Morgan fingerprint density at radius 1 is 1.22 bits per heavy atom. The highest BCUT2D eigenvalue weighted by atomic mass is 16.4. The third kappa shape index (κ3) is 2.05. The van der Waals surface area contributed by atoms with Crippen LogP contribution in [-0.2, 0) is 10.2 Å². The lowest BCUT2D eigenvalue weighted by atomic mass is 9.83. The second-order valence-electron chi connectivity index (χ2n) is 5.92. The van der Waals surface area contributed by atoms with Gasteiger partial charge >= 0.3 is 5.97 Å². The molecule has 1 aromatic rings. The minimum Gasteiger partial charge on any atom is -0.481 e. The van der Waals surface area contributed by atoms with E-state index in [1.807, 2.05) is 0 Å². The molecule has 2 fully saturated rings. The van der Waals surface area contributed by atoms with Crippen LogP contribution in [0.4, 0.5) is 0 Å². The second-order valence-corrected chi connectivity index (χ2v) is 5.92. The topological polar surface area (TPSA) is 37.3 Å². The van der Waals surface area contributed by atoms with Crippen molar-refractivity contribution in [3.8, 4) is 0 Å². The van der Waals surface area contributed by atoms with Crippen LogP contribution in [0.3, 0.4) is 0 Å². The van der Waals surface area contributed by atoms with Gasteiger partial charge in [-0.3, -0.25) is 4.79 Å². The Labute approximate surface area is 108 Å². The predicted octanol–water partition coefficient (Wildman–Crippen LogP) is 3.85. The van der Waals surface area contributed by atoms with Crippen molar-refractivity contribution in [2.75, 3.05) is 0 Å². The molecule has 2 heteroatoms. The molecule has 0 amide bonds. The smallest absolute Gasteiger partial charge is 0.304 e. The van der Waals surface area contributed by atoms with E-state index in [4.69, 9.17) is 5.11 Å². The van der Waals surface area contributed by atoms with Crippen molar-refractivity contribution in [1.82, 2.24) is 0 Å². The molecule has 96 valence electrons. The Morgan fingerprint density at radius 2 is 1.89 bits per heavy atom. The van der Waals surface area contributed by atoms with Gasteiger partial charge in [0.1, 0.15) is 0 Å². The summed E-state index contributed by atoms with van der Waals surface area (Å²) in [4.78, 5) is 11.1. The molecule has 0 bridgehead atoms. The van der Waals surface area contributed by atoms with Crippen molar-refractivity contribution >= 4 is 5.97 Å². The van der Waals surface area contributed by atoms with Crippen molar-refractivity contribution in [2.45, 2.75) is 56.3 Å². The Bertz CT molecular complexity index is 454. The molecule has 2 saturated carbocycles. The minimum absolute atomic E-state index is 0.0367. The van der Waals surface area contributed by atoms with Gasteiger partial charge in [0.15, 0.2) is 0 Å². The molecule has 2 aliphatic carbocycles. The van der Waals surface area contributed by atoms with Crippen molar-refractivity contribution < 1.29 is 9.90 Å². The summed E-state index contributed by atoms with van der Waals surface area (Å²) in [5, 5.41) is 9.11. The maximum absolute atomic E-state index is 11.1. The molecule has 0 radical (unpaired) electrons. The zero-order valence-electron chi connectivity index (χ0n) is 10.7. The molecular weight excluding hydrogens is 224 g/mol. The first kappa shape index (κ1) is 11.8. The SMILES string of the molecule is O=C(O)CC1(c2ccccc2C2CCCC2)CC1. The van der Waals surface area contributed by atoms with Gasteiger partial charge in [-0.1, -0.05) is 37.1 Å². The molecule has 0 aliphatic heterocycles. The van der Waals surface area contributed by atoms with Crippen LogP contribution >= 0.6 is 0 Å². The van der Waals surface area contributed by atoms with Crippen LogP contribution in [-0.4, -0.2) is 11.1 Å². The summed E-state index contributed by atoms with van der Waals surface area (Å²) in [6.07, 6.45) is 7.60. The maximum atomic E-state index is 11.1. The third-order valence-corrected chi connectivity index (χ3v) is 4.67. The van der Waals surface area contributed by atoms with Crippen molar-refractivity contribution in [1.29, 1.82) is 0 Å². The van der Waals surface area contributed by atoms with Crippen LogP contribution < -0.4 is 0 Å². The summed E-state index contributed by atoms with van der Waals surface area (Å²) in [5.74, 6) is 0.0150. The van der Waals surface area contributed by atoms with E-state index in [9.17, 15) is 4.79 Å². The summed E-state index contributed by atoms with van der Waals surface area (Å²) in [7, 11) is 0. The number of hydrogen-bond donors (Lipinski definition) is 1. The second kappa shape index (κ2) is 4.42. The number of hydrogen-bond acceptors (Lipinski definition) is 1. The molecule has 18 heavy (non-hydrogen) atoms. The molecule has 0 spiro atoms. The highest BCUT2D eigenvalue weighted by molar-refractivity contribution is 5.70. The average Bonchev–Trinajstić information content (AvgIpc) is 2.93.